The topological polar surface area (TPSA) is 35.2 Å². The molecular formula is C24H30N4. The van der Waals surface area contributed by atoms with Crippen LogP contribution in [0, 0.1) is 13.8 Å². The zero-order valence-corrected chi connectivity index (χ0v) is 17.2. The first-order valence-corrected chi connectivity index (χ1v) is 10.2. The molecule has 0 radical (unpaired) electrons. The van der Waals surface area contributed by atoms with Gasteiger partial charge in [-0.15, -0.1) is 0 Å². The van der Waals surface area contributed by atoms with Gasteiger partial charge in [-0.1, -0.05) is 54.6 Å². The number of piperazine rings is 1. The third kappa shape index (κ3) is 3.89. The van der Waals surface area contributed by atoms with Gasteiger partial charge in [0.2, 0.25) is 0 Å². The molecule has 1 fully saturated rings. The van der Waals surface area contributed by atoms with Crippen molar-refractivity contribution < 1.29 is 0 Å². The van der Waals surface area contributed by atoms with Crippen molar-refractivity contribution in [2.75, 3.05) is 26.2 Å². The van der Waals surface area contributed by atoms with E-state index in [1.807, 2.05) is 0 Å². The molecule has 1 unspecified atom stereocenters. The van der Waals surface area contributed by atoms with Gasteiger partial charge >= 0.3 is 0 Å². The number of aromatic nitrogens is 2. The Morgan fingerprint density at radius 3 is 2.32 bits per heavy atom. The van der Waals surface area contributed by atoms with Crippen molar-refractivity contribution in [2.24, 2.45) is 0 Å². The summed E-state index contributed by atoms with van der Waals surface area (Å²) < 4.78 is 0. The predicted octanol–water partition coefficient (Wildman–Crippen LogP) is 4.57. The third-order valence-electron chi connectivity index (χ3n) is 5.99. The number of benzene rings is 2. The fourth-order valence-corrected chi connectivity index (χ4v) is 4.27. The molecule has 0 amide bonds. The van der Waals surface area contributed by atoms with Gasteiger partial charge in [-0.25, -0.2) is 0 Å². The van der Waals surface area contributed by atoms with Gasteiger partial charge in [0.25, 0.3) is 0 Å². The van der Waals surface area contributed by atoms with Crippen molar-refractivity contribution in [3.63, 3.8) is 0 Å². The SMILES string of the molecule is Cc1ccccc1-c1c(C(C)N2CCN(Cc3ccccc3)CC2)n[nH]c1C. The first kappa shape index (κ1) is 18.9. The summed E-state index contributed by atoms with van der Waals surface area (Å²) in [7, 11) is 0. The highest BCUT2D eigenvalue weighted by Crippen LogP contribution is 2.34. The average Bonchev–Trinajstić information content (AvgIpc) is 3.10. The summed E-state index contributed by atoms with van der Waals surface area (Å²) in [4.78, 5) is 5.12. The van der Waals surface area contributed by atoms with Gasteiger partial charge in [0.05, 0.1) is 11.7 Å². The summed E-state index contributed by atoms with van der Waals surface area (Å²) >= 11 is 0. The molecule has 2 aromatic carbocycles. The van der Waals surface area contributed by atoms with E-state index in [0.29, 0.717) is 6.04 Å². The van der Waals surface area contributed by atoms with E-state index in [2.05, 4.69) is 90.3 Å². The number of H-pyrrole nitrogens is 1. The second kappa shape index (κ2) is 8.29. The molecule has 0 aliphatic carbocycles. The molecule has 1 N–H and O–H groups in total. The molecule has 1 aromatic heterocycles. The van der Waals surface area contributed by atoms with Crippen LogP contribution in [0.15, 0.2) is 54.6 Å². The molecular weight excluding hydrogens is 344 g/mol. The zero-order valence-electron chi connectivity index (χ0n) is 17.2. The van der Waals surface area contributed by atoms with Crippen LogP contribution >= 0.6 is 0 Å². The monoisotopic (exact) mass is 374 g/mol. The van der Waals surface area contributed by atoms with Crippen LogP contribution in [0.1, 0.15) is 35.5 Å². The van der Waals surface area contributed by atoms with E-state index in [0.717, 1.165) is 38.4 Å². The summed E-state index contributed by atoms with van der Waals surface area (Å²) in [5.41, 5.74) is 7.58. The Hall–Kier alpha value is -2.43. The van der Waals surface area contributed by atoms with Crippen LogP contribution in [0.3, 0.4) is 0 Å². The number of nitrogens with one attached hydrogen (secondary N) is 1. The van der Waals surface area contributed by atoms with E-state index in [9.17, 15) is 0 Å². The third-order valence-corrected chi connectivity index (χ3v) is 5.99. The Morgan fingerprint density at radius 1 is 0.929 bits per heavy atom. The molecule has 3 aromatic rings. The van der Waals surface area contributed by atoms with Gasteiger partial charge in [0.1, 0.15) is 0 Å². The first-order valence-electron chi connectivity index (χ1n) is 10.2. The second-order valence-electron chi connectivity index (χ2n) is 7.90. The second-order valence-corrected chi connectivity index (χ2v) is 7.90. The van der Waals surface area contributed by atoms with Crippen LogP contribution in [0.2, 0.25) is 0 Å². The lowest BCUT2D eigenvalue weighted by atomic mass is 9.96. The largest absolute Gasteiger partial charge is 0.297 e. The fraction of sp³-hybridized carbons (Fsp3) is 0.375. The van der Waals surface area contributed by atoms with Crippen molar-refractivity contribution in [2.45, 2.75) is 33.4 Å². The Morgan fingerprint density at radius 2 is 1.61 bits per heavy atom. The van der Waals surface area contributed by atoms with E-state index < -0.39 is 0 Å². The van der Waals surface area contributed by atoms with Crippen molar-refractivity contribution >= 4 is 0 Å². The van der Waals surface area contributed by atoms with Gasteiger partial charge in [-0.2, -0.15) is 5.10 Å². The minimum absolute atomic E-state index is 0.304. The fourth-order valence-electron chi connectivity index (χ4n) is 4.27. The normalized spacial score (nSPS) is 17.0. The smallest absolute Gasteiger partial charge is 0.0872 e. The van der Waals surface area contributed by atoms with Gasteiger partial charge in [-0.05, 0) is 37.5 Å². The number of aromatic amines is 1. The van der Waals surface area contributed by atoms with Gasteiger partial charge in [-0.3, -0.25) is 14.9 Å². The lowest BCUT2D eigenvalue weighted by molar-refractivity contribution is 0.0965. The molecule has 1 aliphatic rings. The molecule has 0 saturated carbocycles. The van der Waals surface area contributed by atoms with Crippen molar-refractivity contribution in [1.82, 2.24) is 20.0 Å². The molecule has 28 heavy (non-hydrogen) atoms. The summed E-state index contributed by atoms with van der Waals surface area (Å²) in [5, 5.41) is 7.95. The van der Waals surface area contributed by atoms with Gasteiger partial charge in [0, 0.05) is 44.0 Å². The van der Waals surface area contributed by atoms with E-state index in [-0.39, 0.29) is 0 Å². The predicted molar refractivity (Wildman–Crippen MR) is 115 cm³/mol. The van der Waals surface area contributed by atoms with Crippen LogP contribution in [0.25, 0.3) is 11.1 Å². The van der Waals surface area contributed by atoms with Crippen LogP contribution in [-0.4, -0.2) is 46.2 Å². The lowest BCUT2D eigenvalue weighted by Crippen LogP contribution is -2.46. The molecule has 4 rings (SSSR count). The van der Waals surface area contributed by atoms with Crippen LogP contribution < -0.4 is 0 Å². The van der Waals surface area contributed by atoms with Gasteiger partial charge < -0.3 is 0 Å². The van der Waals surface area contributed by atoms with Gasteiger partial charge in [0.15, 0.2) is 0 Å². The van der Waals surface area contributed by atoms with Crippen LogP contribution in [0.5, 0.6) is 0 Å². The summed E-state index contributed by atoms with van der Waals surface area (Å²) in [5.74, 6) is 0. The summed E-state index contributed by atoms with van der Waals surface area (Å²) in [6.45, 7) is 12.0. The molecule has 0 bridgehead atoms. The molecule has 0 spiro atoms. The minimum Gasteiger partial charge on any atom is -0.297 e. The first-order chi connectivity index (χ1) is 13.6. The van der Waals surface area contributed by atoms with Crippen molar-refractivity contribution in [3.8, 4) is 11.1 Å². The Balaban J connectivity index is 1.46. The number of rotatable bonds is 5. The zero-order chi connectivity index (χ0) is 19.5. The van der Waals surface area contributed by atoms with E-state index in [4.69, 9.17) is 5.10 Å². The van der Waals surface area contributed by atoms with E-state index in [1.54, 1.807) is 0 Å². The Kier molecular flexibility index (Phi) is 5.60. The Bertz CT molecular complexity index is 907. The molecule has 2 heterocycles. The maximum atomic E-state index is 4.71. The minimum atomic E-state index is 0.304. The van der Waals surface area contributed by atoms with Crippen molar-refractivity contribution in [1.29, 1.82) is 0 Å². The average molecular weight is 375 g/mol. The van der Waals surface area contributed by atoms with Crippen LogP contribution in [-0.2, 0) is 6.54 Å². The molecule has 4 nitrogen and oxygen atoms in total. The number of hydrogen-bond acceptors (Lipinski definition) is 3. The molecule has 1 saturated heterocycles. The number of hydrogen-bond donors (Lipinski definition) is 1. The summed E-state index contributed by atoms with van der Waals surface area (Å²) in [6, 6.07) is 19.7. The van der Waals surface area contributed by atoms with Crippen LogP contribution in [0.4, 0.5) is 0 Å². The highest BCUT2D eigenvalue weighted by atomic mass is 15.3. The summed E-state index contributed by atoms with van der Waals surface area (Å²) in [6.07, 6.45) is 0. The maximum Gasteiger partial charge on any atom is 0.0872 e. The van der Waals surface area contributed by atoms with Crippen molar-refractivity contribution in [3.05, 3.63) is 77.1 Å². The highest BCUT2D eigenvalue weighted by molar-refractivity contribution is 5.72. The van der Waals surface area contributed by atoms with E-state index >= 15 is 0 Å². The molecule has 1 atom stereocenters. The quantitative estimate of drug-likeness (QED) is 0.710. The van der Waals surface area contributed by atoms with E-state index in [1.165, 1.54) is 27.9 Å². The maximum absolute atomic E-state index is 4.71. The molecule has 146 valence electrons. The number of nitrogens with zero attached hydrogens (tertiary/aromatic N) is 3. The standard InChI is InChI=1S/C24H30N4/c1-18-9-7-8-12-22(18)23-19(2)25-26-24(23)20(3)28-15-13-27(14-16-28)17-21-10-5-4-6-11-21/h4-12,20H,13-17H2,1-3H3,(H,25,26). The molecule has 1 aliphatic heterocycles. The molecule has 4 heteroatoms. The Labute approximate surface area is 168 Å². The lowest BCUT2D eigenvalue weighted by Gasteiger charge is -2.37. The highest BCUT2D eigenvalue weighted by Gasteiger charge is 2.27. The number of aryl methyl sites for hydroxylation is 2.